The Morgan fingerprint density at radius 1 is 0.389 bits per heavy atom. The maximum Gasteiger partial charge on any atom is 0.137 e. The molecule has 10 heteroatoms. The SMILES string of the molecule is Cc1ccnc(-n2c3ccccc3c3ccc(Oc4cc(-c5cnc(-c6ccc(-c7ccn(C)c7)c(Oc7ccc8c9ccccc9n(-c9cc(C)ccn9)c8c7)c6)cn5)ccc4-c4ccn(C)c4)cc32)c1. The molecular weight excluding hydrogens is 889 g/mol. The van der Waals surface area contributed by atoms with Gasteiger partial charge in [-0.05, 0) is 122 Å². The Kier molecular flexibility index (Phi) is 10.1. The first kappa shape index (κ1) is 42.6. The minimum atomic E-state index is 0.701. The van der Waals surface area contributed by atoms with Gasteiger partial charge in [0.15, 0.2) is 0 Å². The Balaban J connectivity index is 0.856. The van der Waals surface area contributed by atoms with Gasteiger partial charge in [-0.2, -0.15) is 0 Å². The molecule has 0 unspecified atom stereocenters. The van der Waals surface area contributed by atoms with Gasteiger partial charge in [-0.25, -0.2) is 9.97 Å². The summed E-state index contributed by atoms with van der Waals surface area (Å²) in [6, 6.07) is 54.4. The third-order valence-electron chi connectivity index (χ3n) is 13.5. The lowest BCUT2D eigenvalue weighted by Gasteiger charge is -2.14. The van der Waals surface area contributed by atoms with Gasteiger partial charge in [-0.3, -0.25) is 19.1 Å². The largest absolute Gasteiger partial charge is 0.457 e. The van der Waals surface area contributed by atoms with Crippen LogP contribution in [0.2, 0.25) is 0 Å². The van der Waals surface area contributed by atoms with Crippen molar-refractivity contribution < 1.29 is 9.47 Å². The van der Waals surface area contributed by atoms with E-state index in [1.807, 2.05) is 84.7 Å². The Labute approximate surface area is 415 Å². The number of para-hydroxylation sites is 2. The average molecular weight is 935 g/mol. The maximum absolute atomic E-state index is 6.92. The van der Waals surface area contributed by atoms with Crippen molar-refractivity contribution in [3.8, 4) is 79.4 Å². The number of fused-ring (bicyclic) bond motifs is 6. The molecule has 13 rings (SSSR count). The third kappa shape index (κ3) is 7.53. The molecule has 72 heavy (non-hydrogen) atoms. The summed E-state index contributed by atoms with van der Waals surface area (Å²) < 4.78 is 22.4. The van der Waals surface area contributed by atoms with E-state index in [4.69, 9.17) is 29.4 Å². The van der Waals surface area contributed by atoms with E-state index in [1.165, 1.54) is 0 Å². The predicted molar refractivity (Wildman–Crippen MR) is 288 cm³/mol. The first-order valence-electron chi connectivity index (χ1n) is 23.9. The molecule has 0 N–H and O–H groups in total. The summed E-state index contributed by atoms with van der Waals surface area (Å²) in [6.45, 7) is 4.18. The number of rotatable bonds is 10. The van der Waals surface area contributed by atoms with Gasteiger partial charge in [0.05, 0.1) is 45.8 Å². The van der Waals surface area contributed by atoms with Crippen LogP contribution in [0, 0.1) is 13.8 Å². The number of pyridine rings is 2. The molecule has 0 aliphatic heterocycles. The van der Waals surface area contributed by atoms with Crippen LogP contribution in [0.3, 0.4) is 0 Å². The van der Waals surface area contributed by atoms with Crippen LogP contribution in [0.15, 0.2) is 207 Å². The Bertz CT molecular complexity index is 3960. The summed E-state index contributed by atoms with van der Waals surface area (Å²) in [6.07, 6.45) is 15.7. The van der Waals surface area contributed by atoms with Crippen molar-refractivity contribution >= 4 is 43.6 Å². The number of nitrogens with zero attached hydrogens (tertiary/aromatic N) is 8. The Morgan fingerprint density at radius 3 is 1.25 bits per heavy atom. The van der Waals surface area contributed by atoms with Gasteiger partial charge in [-0.1, -0.05) is 48.5 Å². The zero-order valence-electron chi connectivity index (χ0n) is 40.0. The van der Waals surface area contributed by atoms with Crippen molar-refractivity contribution in [1.82, 2.24) is 38.2 Å². The second-order valence-electron chi connectivity index (χ2n) is 18.5. The van der Waals surface area contributed by atoms with Crippen LogP contribution in [0.25, 0.3) is 100 Å². The predicted octanol–water partition coefficient (Wildman–Crippen LogP) is 15.0. The van der Waals surface area contributed by atoms with Crippen LogP contribution < -0.4 is 9.47 Å². The van der Waals surface area contributed by atoms with E-state index in [-0.39, 0.29) is 0 Å². The number of benzene rings is 6. The van der Waals surface area contributed by atoms with Crippen molar-refractivity contribution in [3.05, 3.63) is 218 Å². The minimum Gasteiger partial charge on any atom is -0.457 e. The van der Waals surface area contributed by atoms with Crippen molar-refractivity contribution in [2.24, 2.45) is 14.1 Å². The van der Waals surface area contributed by atoms with E-state index in [2.05, 4.69) is 169 Å². The molecule has 6 aromatic carbocycles. The molecule has 0 radical (unpaired) electrons. The van der Waals surface area contributed by atoms with Crippen LogP contribution >= 0.6 is 0 Å². The summed E-state index contributed by atoms with van der Waals surface area (Å²) >= 11 is 0. The van der Waals surface area contributed by atoms with Gasteiger partial charge in [-0.15, -0.1) is 0 Å². The molecule has 0 bridgehead atoms. The minimum absolute atomic E-state index is 0.701. The molecule has 7 aromatic heterocycles. The summed E-state index contributed by atoms with van der Waals surface area (Å²) in [5.41, 5.74) is 13.7. The molecule has 0 saturated carbocycles. The summed E-state index contributed by atoms with van der Waals surface area (Å²) in [5.74, 6) is 4.53. The number of hydrogen-bond donors (Lipinski definition) is 0. The zero-order valence-corrected chi connectivity index (χ0v) is 40.0. The fourth-order valence-electron chi connectivity index (χ4n) is 10.0. The van der Waals surface area contributed by atoms with E-state index >= 15 is 0 Å². The Hall–Kier alpha value is -9.54. The van der Waals surface area contributed by atoms with Crippen LogP contribution in [0.4, 0.5) is 0 Å². The summed E-state index contributed by atoms with van der Waals surface area (Å²) in [7, 11) is 4.05. The van der Waals surface area contributed by atoms with Gasteiger partial charge >= 0.3 is 0 Å². The first-order chi connectivity index (χ1) is 35.3. The molecular formula is C62H46N8O2. The van der Waals surface area contributed by atoms with Gasteiger partial charge in [0.2, 0.25) is 0 Å². The third-order valence-corrected chi connectivity index (χ3v) is 13.5. The molecule has 7 heterocycles. The van der Waals surface area contributed by atoms with E-state index in [0.717, 1.165) is 99.8 Å². The van der Waals surface area contributed by atoms with Gasteiger partial charge < -0.3 is 18.6 Å². The van der Waals surface area contributed by atoms with Crippen LogP contribution in [-0.4, -0.2) is 38.2 Å². The molecule has 0 saturated heterocycles. The fraction of sp³-hybridized carbons (Fsp3) is 0.0645. The topological polar surface area (TPSA) is 89.7 Å². The van der Waals surface area contributed by atoms with Crippen LogP contribution in [-0.2, 0) is 14.1 Å². The quantitative estimate of drug-likeness (QED) is 0.136. The number of aromatic nitrogens is 8. The van der Waals surface area contributed by atoms with Crippen molar-refractivity contribution in [2.45, 2.75) is 13.8 Å². The van der Waals surface area contributed by atoms with Gasteiger partial charge in [0.25, 0.3) is 0 Å². The lowest BCUT2D eigenvalue weighted by molar-refractivity contribution is 0.485. The second-order valence-corrected chi connectivity index (χ2v) is 18.5. The van der Waals surface area contributed by atoms with E-state index in [1.54, 1.807) is 0 Å². The second kappa shape index (κ2) is 17.1. The van der Waals surface area contributed by atoms with E-state index < -0.39 is 0 Å². The number of aryl methyl sites for hydroxylation is 4. The molecule has 0 atom stereocenters. The lowest BCUT2D eigenvalue weighted by Crippen LogP contribution is -1.98. The van der Waals surface area contributed by atoms with Crippen LogP contribution in [0.1, 0.15) is 11.1 Å². The number of ether oxygens (including phenoxy) is 2. The molecule has 346 valence electrons. The standard InChI is InChI=1S/C62H46N8O2/c1-39-21-25-63-61(29-39)69-55-11-7-5-9-49(55)51-19-15-45(33-57(51)69)71-59-31-41(13-17-47(59)43-23-27-67(3)37-43)53-35-66-54(36-65-53)42-14-18-48(44-24-28-68(4)38-44)60(32-42)72-46-16-20-52-50-10-6-8-12-56(50)70(58(52)34-46)62-30-40(2)22-26-64-62/h5-38H,1-4H3. The molecule has 0 aliphatic carbocycles. The fourth-order valence-corrected chi connectivity index (χ4v) is 10.0. The van der Waals surface area contributed by atoms with E-state index in [9.17, 15) is 0 Å². The zero-order chi connectivity index (χ0) is 48.5. The number of hydrogen-bond acceptors (Lipinski definition) is 6. The molecule has 10 nitrogen and oxygen atoms in total. The van der Waals surface area contributed by atoms with Crippen molar-refractivity contribution in [1.29, 1.82) is 0 Å². The highest BCUT2D eigenvalue weighted by atomic mass is 16.5. The van der Waals surface area contributed by atoms with E-state index in [0.29, 0.717) is 34.4 Å². The molecule has 0 fully saturated rings. The first-order valence-corrected chi connectivity index (χ1v) is 23.9. The molecule has 0 spiro atoms. The highest BCUT2D eigenvalue weighted by molar-refractivity contribution is 6.10. The highest BCUT2D eigenvalue weighted by Gasteiger charge is 2.19. The summed E-state index contributed by atoms with van der Waals surface area (Å²) in [5, 5.41) is 4.56. The Morgan fingerprint density at radius 2 is 0.833 bits per heavy atom. The lowest BCUT2D eigenvalue weighted by atomic mass is 10.0. The monoisotopic (exact) mass is 934 g/mol. The highest BCUT2D eigenvalue weighted by Crippen LogP contribution is 2.42. The van der Waals surface area contributed by atoms with Gasteiger partial charge in [0, 0.05) is 118 Å². The molecule has 13 aromatic rings. The van der Waals surface area contributed by atoms with Crippen molar-refractivity contribution in [3.63, 3.8) is 0 Å². The smallest absolute Gasteiger partial charge is 0.137 e. The summed E-state index contributed by atoms with van der Waals surface area (Å²) in [4.78, 5) is 19.6. The normalized spacial score (nSPS) is 11.6. The van der Waals surface area contributed by atoms with Crippen molar-refractivity contribution in [2.75, 3.05) is 0 Å². The average Bonchev–Trinajstić information content (AvgIpc) is 4.19. The van der Waals surface area contributed by atoms with Gasteiger partial charge in [0.1, 0.15) is 34.6 Å². The molecule has 0 amide bonds. The van der Waals surface area contributed by atoms with Crippen LogP contribution in [0.5, 0.6) is 23.0 Å². The molecule has 0 aliphatic rings. The maximum atomic E-state index is 6.92.